The van der Waals surface area contributed by atoms with Crippen LogP contribution < -0.4 is 15.4 Å². The predicted octanol–water partition coefficient (Wildman–Crippen LogP) is 4.95. The van der Waals surface area contributed by atoms with Gasteiger partial charge in [0.2, 0.25) is 0 Å². The molecule has 0 heterocycles. The van der Waals surface area contributed by atoms with Gasteiger partial charge in [0.25, 0.3) is 0 Å². The largest absolute Gasteiger partial charge is 0.492 e. The van der Waals surface area contributed by atoms with Crippen LogP contribution in [0.25, 0.3) is 0 Å². The molecule has 0 aromatic heterocycles. The molecule has 0 saturated carbocycles. The summed E-state index contributed by atoms with van der Waals surface area (Å²) in [5, 5.41) is 5.72. The molecular formula is C19H23BrN2O2. The van der Waals surface area contributed by atoms with E-state index in [0.717, 1.165) is 21.5 Å². The molecule has 5 heteroatoms. The summed E-state index contributed by atoms with van der Waals surface area (Å²) in [6, 6.07) is 15.2. The van der Waals surface area contributed by atoms with Crippen molar-refractivity contribution in [3.63, 3.8) is 0 Å². The first kappa shape index (κ1) is 18.3. The maximum absolute atomic E-state index is 12.1. The van der Waals surface area contributed by atoms with Crippen LogP contribution in [0.15, 0.2) is 53.0 Å². The number of nitrogens with one attached hydrogen (secondary N) is 2. The molecule has 2 aromatic carbocycles. The number of hydrogen-bond acceptors (Lipinski definition) is 2. The van der Waals surface area contributed by atoms with Crippen molar-refractivity contribution in [1.82, 2.24) is 5.32 Å². The number of para-hydroxylation sites is 1. The second-order valence-corrected chi connectivity index (χ2v) is 7.39. The van der Waals surface area contributed by atoms with E-state index in [4.69, 9.17) is 4.74 Å². The number of benzene rings is 2. The summed E-state index contributed by atoms with van der Waals surface area (Å²) in [6.45, 7) is 7.21. The highest BCUT2D eigenvalue weighted by Crippen LogP contribution is 2.29. The van der Waals surface area contributed by atoms with Crippen LogP contribution in [0.1, 0.15) is 26.3 Å². The number of carbonyl (C=O) groups is 1. The second kappa shape index (κ2) is 8.20. The van der Waals surface area contributed by atoms with E-state index >= 15 is 0 Å². The predicted molar refractivity (Wildman–Crippen MR) is 102 cm³/mol. The molecule has 4 nitrogen and oxygen atoms in total. The molecule has 2 aromatic rings. The van der Waals surface area contributed by atoms with Crippen LogP contribution in [-0.2, 0) is 5.41 Å². The molecule has 2 amide bonds. The highest BCUT2D eigenvalue weighted by molar-refractivity contribution is 9.10. The second-order valence-electron chi connectivity index (χ2n) is 6.48. The van der Waals surface area contributed by atoms with Crippen molar-refractivity contribution < 1.29 is 9.53 Å². The zero-order valence-electron chi connectivity index (χ0n) is 14.2. The summed E-state index contributed by atoms with van der Waals surface area (Å²) in [5.74, 6) is 0.776. The van der Waals surface area contributed by atoms with E-state index in [-0.39, 0.29) is 11.4 Å². The third-order valence-electron chi connectivity index (χ3n) is 3.45. The number of urea groups is 1. The van der Waals surface area contributed by atoms with Crippen LogP contribution in [0, 0.1) is 0 Å². The maximum atomic E-state index is 12.1. The molecule has 2 N–H and O–H groups in total. The maximum Gasteiger partial charge on any atom is 0.319 e. The van der Waals surface area contributed by atoms with Gasteiger partial charge in [-0.15, -0.1) is 0 Å². The topological polar surface area (TPSA) is 50.4 Å². The number of anilines is 1. The monoisotopic (exact) mass is 390 g/mol. The third kappa shape index (κ3) is 5.57. The third-order valence-corrected chi connectivity index (χ3v) is 3.98. The van der Waals surface area contributed by atoms with E-state index in [1.165, 1.54) is 0 Å². The molecule has 24 heavy (non-hydrogen) atoms. The number of hydrogen-bond donors (Lipinski definition) is 2. The fourth-order valence-corrected chi connectivity index (χ4v) is 2.54. The number of amides is 2. The van der Waals surface area contributed by atoms with Crippen LogP contribution in [-0.4, -0.2) is 19.2 Å². The van der Waals surface area contributed by atoms with Gasteiger partial charge in [0.05, 0.1) is 6.54 Å². The molecule has 0 unspecified atom stereocenters. The lowest BCUT2D eigenvalue weighted by molar-refractivity contribution is 0.247. The number of ether oxygens (including phenoxy) is 1. The van der Waals surface area contributed by atoms with Gasteiger partial charge in [-0.25, -0.2) is 4.79 Å². The van der Waals surface area contributed by atoms with Gasteiger partial charge in [0.1, 0.15) is 12.4 Å². The molecule has 0 spiro atoms. The molecule has 0 atom stereocenters. The Morgan fingerprint density at radius 1 is 1.08 bits per heavy atom. The standard InChI is InChI=1S/C19H23BrN2O2/c1-19(2,3)16-6-4-5-7-17(16)22-18(23)21-12-13-24-15-10-8-14(20)9-11-15/h4-11H,12-13H2,1-3H3,(H2,21,22,23). The average molecular weight is 391 g/mol. The Balaban J connectivity index is 1.81. The minimum absolute atomic E-state index is 0.0332. The highest BCUT2D eigenvalue weighted by Gasteiger charge is 2.18. The van der Waals surface area contributed by atoms with Crippen molar-refractivity contribution in [2.45, 2.75) is 26.2 Å². The van der Waals surface area contributed by atoms with Gasteiger partial charge < -0.3 is 15.4 Å². The van der Waals surface area contributed by atoms with E-state index in [2.05, 4.69) is 47.3 Å². The van der Waals surface area contributed by atoms with Crippen LogP contribution in [0.3, 0.4) is 0 Å². The Hall–Kier alpha value is -2.01. The minimum Gasteiger partial charge on any atom is -0.492 e. The summed E-state index contributed by atoms with van der Waals surface area (Å²) in [6.07, 6.45) is 0. The quantitative estimate of drug-likeness (QED) is 0.709. The van der Waals surface area contributed by atoms with E-state index in [1.807, 2.05) is 48.5 Å². The van der Waals surface area contributed by atoms with E-state index < -0.39 is 0 Å². The first-order valence-corrected chi connectivity index (χ1v) is 8.68. The Morgan fingerprint density at radius 2 is 1.75 bits per heavy atom. The summed E-state index contributed by atoms with van der Waals surface area (Å²) < 4.78 is 6.58. The van der Waals surface area contributed by atoms with Crippen molar-refractivity contribution in [2.24, 2.45) is 0 Å². The first-order chi connectivity index (χ1) is 11.4. The smallest absolute Gasteiger partial charge is 0.319 e. The Morgan fingerprint density at radius 3 is 2.42 bits per heavy atom. The van der Waals surface area contributed by atoms with Crippen LogP contribution >= 0.6 is 15.9 Å². The summed E-state index contributed by atoms with van der Waals surface area (Å²) in [7, 11) is 0. The van der Waals surface area contributed by atoms with Crippen LogP contribution in [0.4, 0.5) is 10.5 Å². The number of rotatable bonds is 5. The van der Waals surface area contributed by atoms with Crippen LogP contribution in [0.2, 0.25) is 0 Å². The lowest BCUT2D eigenvalue weighted by Gasteiger charge is -2.23. The molecule has 0 radical (unpaired) electrons. The summed E-state index contributed by atoms with van der Waals surface area (Å²) in [4.78, 5) is 12.1. The van der Waals surface area contributed by atoms with Crippen molar-refractivity contribution >= 4 is 27.6 Å². The molecule has 2 rings (SSSR count). The van der Waals surface area contributed by atoms with E-state index in [9.17, 15) is 4.79 Å². The molecule has 0 bridgehead atoms. The highest BCUT2D eigenvalue weighted by atomic mass is 79.9. The fourth-order valence-electron chi connectivity index (χ4n) is 2.28. The fraction of sp³-hybridized carbons (Fsp3) is 0.316. The Kier molecular flexibility index (Phi) is 6.26. The van der Waals surface area contributed by atoms with Gasteiger partial charge in [0, 0.05) is 10.2 Å². The Labute approximate surface area is 151 Å². The average Bonchev–Trinajstić information content (AvgIpc) is 2.53. The minimum atomic E-state index is -0.230. The van der Waals surface area contributed by atoms with Gasteiger partial charge in [-0.1, -0.05) is 54.9 Å². The van der Waals surface area contributed by atoms with Crippen molar-refractivity contribution in [3.8, 4) is 5.75 Å². The summed E-state index contributed by atoms with van der Waals surface area (Å²) >= 11 is 3.38. The van der Waals surface area contributed by atoms with Crippen molar-refractivity contribution in [2.75, 3.05) is 18.5 Å². The van der Waals surface area contributed by atoms with E-state index in [0.29, 0.717) is 13.2 Å². The molecule has 128 valence electrons. The van der Waals surface area contributed by atoms with Gasteiger partial charge >= 0.3 is 6.03 Å². The molecule has 0 aliphatic rings. The molecule has 0 fully saturated rings. The molecule has 0 aliphatic heterocycles. The molecule has 0 aliphatic carbocycles. The van der Waals surface area contributed by atoms with Crippen molar-refractivity contribution in [3.05, 3.63) is 58.6 Å². The molecular weight excluding hydrogens is 368 g/mol. The van der Waals surface area contributed by atoms with Gasteiger partial charge in [-0.3, -0.25) is 0 Å². The number of carbonyl (C=O) groups excluding carboxylic acids is 1. The lowest BCUT2D eigenvalue weighted by Crippen LogP contribution is -2.33. The zero-order chi connectivity index (χ0) is 17.6. The van der Waals surface area contributed by atoms with Crippen molar-refractivity contribution in [1.29, 1.82) is 0 Å². The SMILES string of the molecule is CC(C)(C)c1ccccc1NC(=O)NCCOc1ccc(Br)cc1. The normalized spacial score (nSPS) is 11.0. The number of halogens is 1. The van der Waals surface area contributed by atoms with Crippen LogP contribution in [0.5, 0.6) is 5.75 Å². The zero-order valence-corrected chi connectivity index (χ0v) is 15.8. The first-order valence-electron chi connectivity index (χ1n) is 7.89. The van der Waals surface area contributed by atoms with Gasteiger partial charge in [0.15, 0.2) is 0 Å². The lowest BCUT2D eigenvalue weighted by atomic mass is 9.86. The van der Waals surface area contributed by atoms with E-state index in [1.54, 1.807) is 0 Å². The Bertz CT molecular complexity index is 679. The summed E-state index contributed by atoms with van der Waals surface area (Å²) in [5.41, 5.74) is 1.90. The van der Waals surface area contributed by atoms with Gasteiger partial charge in [-0.2, -0.15) is 0 Å². The van der Waals surface area contributed by atoms with Gasteiger partial charge in [-0.05, 0) is 41.3 Å². The molecule has 0 saturated heterocycles.